The lowest BCUT2D eigenvalue weighted by molar-refractivity contribution is 0.267. The van der Waals surface area contributed by atoms with Gasteiger partial charge in [0.2, 0.25) is 0 Å². The lowest BCUT2D eigenvalue weighted by Gasteiger charge is -2.23. The Morgan fingerprint density at radius 2 is 1.88 bits per heavy atom. The van der Waals surface area contributed by atoms with Gasteiger partial charge in [0.15, 0.2) is 0 Å². The van der Waals surface area contributed by atoms with Gasteiger partial charge in [-0.2, -0.15) is 0 Å². The van der Waals surface area contributed by atoms with Gasteiger partial charge in [-0.15, -0.1) is 12.4 Å². The Labute approximate surface area is 159 Å². The van der Waals surface area contributed by atoms with E-state index in [1.807, 2.05) is 0 Å². The molecule has 1 saturated heterocycles. The first-order valence-electron chi connectivity index (χ1n) is 8.50. The van der Waals surface area contributed by atoms with E-state index in [-0.39, 0.29) is 12.4 Å². The normalized spacial score (nSPS) is 17.1. The number of hydrogen-bond donors (Lipinski definition) is 1. The quantitative estimate of drug-likeness (QED) is 0.691. The van der Waals surface area contributed by atoms with Crippen LogP contribution in [0.5, 0.6) is 5.75 Å². The molecule has 130 valence electrons. The van der Waals surface area contributed by atoms with Crippen LogP contribution in [0.1, 0.15) is 36.8 Å². The maximum Gasteiger partial charge on any atom is 0.133 e. The summed E-state index contributed by atoms with van der Waals surface area (Å²) >= 11 is 3.65. The summed E-state index contributed by atoms with van der Waals surface area (Å²) in [6.45, 7) is 1.93. The second-order valence-corrected chi connectivity index (χ2v) is 7.07. The van der Waals surface area contributed by atoms with Gasteiger partial charge in [-0.25, -0.2) is 0 Å². The lowest BCUT2D eigenvalue weighted by atomic mass is 10.0. The molecule has 0 aromatic heterocycles. The zero-order valence-corrected chi connectivity index (χ0v) is 16.2. The van der Waals surface area contributed by atoms with E-state index in [1.54, 1.807) is 0 Å². The van der Waals surface area contributed by atoms with E-state index in [0.717, 1.165) is 36.2 Å². The van der Waals surface area contributed by atoms with Crippen molar-refractivity contribution in [3.05, 3.63) is 64.1 Å². The van der Waals surface area contributed by atoms with Crippen LogP contribution in [0.3, 0.4) is 0 Å². The molecule has 0 bridgehead atoms. The minimum absolute atomic E-state index is 0. The molecule has 4 heteroatoms. The van der Waals surface area contributed by atoms with Crippen LogP contribution in [0, 0.1) is 0 Å². The molecule has 1 N–H and O–H groups in total. The third-order valence-electron chi connectivity index (χ3n) is 4.38. The summed E-state index contributed by atoms with van der Waals surface area (Å²) < 4.78 is 7.00. The van der Waals surface area contributed by atoms with E-state index < -0.39 is 0 Å². The predicted molar refractivity (Wildman–Crippen MR) is 106 cm³/mol. The van der Waals surface area contributed by atoms with E-state index in [9.17, 15) is 0 Å². The first-order chi connectivity index (χ1) is 11.3. The van der Waals surface area contributed by atoms with Crippen molar-refractivity contribution in [2.24, 2.45) is 0 Å². The van der Waals surface area contributed by atoms with Crippen LogP contribution in [0.4, 0.5) is 0 Å². The van der Waals surface area contributed by atoms with Crippen molar-refractivity contribution in [3.63, 3.8) is 0 Å². The molecular formula is C20H25BrClNO. The van der Waals surface area contributed by atoms with Crippen molar-refractivity contribution in [1.82, 2.24) is 5.32 Å². The van der Waals surface area contributed by atoms with Gasteiger partial charge in [0.25, 0.3) is 0 Å². The van der Waals surface area contributed by atoms with Crippen LogP contribution in [0.15, 0.2) is 53.0 Å². The molecule has 0 aliphatic carbocycles. The van der Waals surface area contributed by atoms with Gasteiger partial charge in [0, 0.05) is 6.04 Å². The molecule has 0 radical (unpaired) electrons. The Bertz CT molecular complexity index is 614. The summed E-state index contributed by atoms with van der Waals surface area (Å²) in [6.07, 6.45) is 5.96. The van der Waals surface area contributed by atoms with Gasteiger partial charge in [-0.05, 0) is 71.4 Å². The Morgan fingerprint density at radius 1 is 1.04 bits per heavy atom. The van der Waals surface area contributed by atoms with Crippen LogP contribution in [0.2, 0.25) is 0 Å². The van der Waals surface area contributed by atoms with Crippen LogP contribution >= 0.6 is 28.3 Å². The highest BCUT2D eigenvalue weighted by atomic mass is 79.9. The van der Waals surface area contributed by atoms with Crippen LogP contribution in [0.25, 0.3) is 0 Å². The molecule has 0 saturated carbocycles. The number of rotatable bonds is 6. The predicted octanol–water partition coefficient (Wildman–Crippen LogP) is 5.37. The number of ether oxygens (including phenoxy) is 1. The number of hydrogen-bond acceptors (Lipinski definition) is 2. The van der Waals surface area contributed by atoms with Gasteiger partial charge in [-0.1, -0.05) is 42.8 Å². The standard InChI is InChI=1S/C20H24BrNO.ClH/c21-19-15-17(14-16-6-2-1-3-7-16)9-10-20(19)23-13-11-18-8-4-5-12-22-18;/h1-3,6-7,9-10,15,18,22H,4-5,8,11-14H2;1H. The molecule has 2 aromatic carbocycles. The van der Waals surface area contributed by atoms with Gasteiger partial charge < -0.3 is 10.1 Å². The maximum atomic E-state index is 5.96. The molecule has 1 heterocycles. The molecular weight excluding hydrogens is 386 g/mol. The Hall–Kier alpha value is -1.03. The van der Waals surface area contributed by atoms with Crippen molar-refractivity contribution in [1.29, 1.82) is 0 Å². The van der Waals surface area contributed by atoms with E-state index in [1.165, 1.54) is 30.4 Å². The zero-order chi connectivity index (χ0) is 15.9. The second kappa shape index (κ2) is 10.1. The molecule has 3 rings (SSSR count). The summed E-state index contributed by atoms with van der Waals surface area (Å²) in [7, 11) is 0. The Morgan fingerprint density at radius 3 is 2.58 bits per heavy atom. The third-order valence-corrected chi connectivity index (χ3v) is 5.00. The topological polar surface area (TPSA) is 21.3 Å². The highest BCUT2D eigenvalue weighted by molar-refractivity contribution is 9.10. The SMILES string of the molecule is Brc1cc(Cc2ccccc2)ccc1OCCC1CCCCN1.Cl. The van der Waals surface area contributed by atoms with Crippen molar-refractivity contribution in [3.8, 4) is 5.75 Å². The highest BCUT2D eigenvalue weighted by Gasteiger charge is 2.12. The summed E-state index contributed by atoms with van der Waals surface area (Å²) in [5, 5.41) is 3.56. The summed E-state index contributed by atoms with van der Waals surface area (Å²) in [5.74, 6) is 0.942. The van der Waals surface area contributed by atoms with E-state index in [0.29, 0.717) is 6.04 Å². The largest absolute Gasteiger partial charge is 0.492 e. The Balaban J connectivity index is 0.00000208. The van der Waals surface area contributed by atoms with Crippen LogP contribution in [-0.4, -0.2) is 19.2 Å². The van der Waals surface area contributed by atoms with Crippen LogP contribution in [-0.2, 0) is 6.42 Å². The Kier molecular flexibility index (Phi) is 8.10. The van der Waals surface area contributed by atoms with Gasteiger partial charge >= 0.3 is 0 Å². The number of benzene rings is 2. The first kappa shape index (κ1) is 19.3. The van der Waals surface area contributed by atoms with Gasteiger partial charge in [0.05, 0.1) is 11.1 Å². The smallest absolute Gasteiger partial charge is 0.133 e. The fourth-order valence-electron chi connectivity index (χ4n) is 3.08. The van der Waals surface area contributed by atoms with E-state index in [2.05, 4.69) is 69.8 Å². The van der Waals surface area contributed by atoms with E-state index in [4.69, 9.17) is 4.74 Å². The fourth-order valence-corrected chi connectivity index (χ4v) is 3.63. The molecule has 1 aliphatic rings. The number of piperidine rings is 1. The van der Waals surface area contributed by atoms with Crippen LogP contribution < -0.4 is 10.1 Å². The maximum absolute atomic E-state index is 5.96. The molecule has 1 unspecified atom stereocenters. The minimum Gasteiger partial charge on any atom is -0.492 e. The molecule has 2 nitrogen and oxygen atoms in total. The van der Waals surface area contributed by atoms with Gasteiger partial charge in [0.1, 0.15) is 5.75 Å². The van der Waals surface area contributed by atoms with Crippen molar-refractivity contribution >= 4 is 28.3 Å². The molecule has 2 aromatic rings. The minimum atomic E-state index is 0. The number of nitrogens with one attached hydrogen (secondary N) is 1. The lowest BCUT2D eigenvalue weighted by Crippen LogP contribution is -2.35. The molecule has 0 amide bonds. The van der Waals surface area contributed by atoms with Gasteiger partial charge in [-0.3, -0.25) is 0 Å². The second-order valence-electron chi connectivity index (χ2n) is 6.21. The summed E-state index contributed by atoms with van der Waals surface area (Å²) in [4.78, 5) is 0. The monoisotopic (exact) mass is 409 g/mol. The van der Waals surface area contributed by atoms with Crippen molar-refractivity contribution in [2.45, 2.75) is 38.1 Å². The third kappa shape index (κ3) is 5.80. The number of halogens is 2. The average molecular weight is 411 g/mol. The summed E-state index contributed by atoms with van der Waals surface area (Å²) in [6, 6.07) is 17.6. The molecule has 1 fully saturated rings. The van der Waals surface area contributed by atoms with E-state index >= 15 is 0 Å². The first-order valence-corrected chi connectivity index (χ1v) is 9.29. The summed E-state index contributed by atoms with van der Waals surface area (Å²) in [5.41, 5.74) is 2.63. The van der Waals surface area contributed by atoms with Crippen molar-refractivity contribution < 1.29 is 4.74 Å². The highest BCUT2D eigenvalue weighted by Crippen LogP contribution is 2.27. The molecule has 1 aliphatic heterocycles. The fraction of sp³-hybridized carbons (Fsp3) is 0.400. The zero-order valence-electron chi connectivity index (χ0n) is 13.8. The average Bonchev–Trinajstić information content (AvgIpc) is 2.59. The molecule has 0 spiro atoms. The molecule has 1 atom stereocenters. The van der Waals surface area contributed by atoms with Crippen molar-refractivity contribution in [2.75, 3.05) is 13.2 Å². The molecule has 24 heavy (non-hydrogen) atoms.